The lowest BCUT2D eigenvalue weighted by Gasteiger charge is -2.44. The third kappa shape index (κ3) is 7.22. The first kappa shape index (κ1) is 35.0. The van der Waals surface area contributed by atoms with Crippen LogP contribution in [0.4, 0.5) is 0 Å². The summed E-state index contributed by atoms with van der Waals surface area (Å²) in [4.78, 5) is 2.54. The summed E-state index contributed by atoms with van der Waals surface area (Å²) in [6.07, 6.45) is 8.97. The van der Waals surface area contributed by atoms with Crippen LogP contribution in [0.3, 0.4) is 0 Å². The van der Waals surface area contributed by atoms with Gasteiger partial charge in [0.15, 0.2) is 0 Å². The van der Waals surface area contributed by atoms with Crippen LogP contribution in [-0.4, -0.2) is 31.2 Å². The number of allylic oxidation sites excluding steroid dienone is 3. The number of ether oxygens (including phenoxy) is 1. The molecule has 3 atom stereocenters. The van der Waals surface area contributed by atoms with Gasteiger partial charge >= 0.3 is 0 Å². The summed E-state index contributed by atoms with van der Waals surface area (Å²) >= 11 is 3.95. The molecule has 2 nitrogen and oxygen atoms in total. The highest BCUT2D eigenvalue weighted by molar-refractivity contribution is 8.18. The Morgan fingerprint density at radius 2 is 1.25 bits per heavy atom. The Morgan fingerprint density at radius 3 is 1.67 bits per heavy atom. The number of rotatable bonds is 11. The summed E-state index contributed by atoms with van der Waals surface area (Å²) in [5.74, 6) is 0.505. The molecule has 4 aromatic rings. The fourth-order valence-electron chi connectivity index (χ4n) is 7.47. The number of thioether (sulfide) groups is 2. The maximum absolute atomic E-state index is 7.53. The molecule has 0 bridgehead atoms. The molecule has 5 heteroatoms. The molecule has 6 rings (SSSR count). The molecule has 1 aliphatic carbocycles. The van der Waals surface area contributed by atoms with Crippen molar-refractivity contribution < 1.29 is 9.16 Å². The Labute approximate surface area is 298 Å². The lowest BCUT2D eigenvalue weighted by Crippen LogP contribution is -2.67. The van der Waals surface area contributed by atoms with Crippen LogP contribution in [0.25, 0.3) is 0 Å². The van der Waals surface area contributed by atoms with Crippen LogP contribution in [0.2, 0.25) is 5.04 Å². The van der Waals surface area contributed by atoms with E-state index in [2.05, 4.69) is 181 Å². The Kier molecular flexibility index (Phi) is 10.6. The molecule has 1 fully saturated rings. The molecular weight excluding hydrogens is 641 g/mol. The standard InChI is InChI=1S/C43H50O2S2Si/c1-33(2)34-27-29-42(6,30-28-34)40-43(46-36-19-11-7-12-20-36,47-37-21-13-8-14-22-37)31-35(45-40)32-44-48(41(3,4)5,38-23-15-9-16-24-38)39-25-17-10-18-26-39/h7-29,33,35,40H,30-32H2,1-6H3/t35-,40?,42?/m0/s1. The Bertz CT molecular complexity index is 1600. The molecular formula is C43H50O2S2Si. The van der Waals surface area contributed by atoms with E-state index in [9.17, 15) is 0 Å². The van der Waals surface area contributed by atoms with Crippen molar-refractivity contribution in [3.05, 3.63) is 145 Å². The van der Waals surface area contributed by atoms with Gasteiger partial charge in [0.05, 0.1) is 22.9 Å². The molecule has 0 radical (unpaired) electrons. The predicted molar refractivity (Wildman–Crippen MR) is 209 cm³/mol. The average molecular weight is 691 g/mol. The smallest absolute Gasteiger partial charge is 0.261 e. The van der Waals surface area contributed by atoms with Crippen molar-refractivity contribution in [3.63, 3.8) is 0 Å². The summed E-state index contributed by atoms with van der Waals surface area (Å²) in [6, 6.07) is 43.7. The molecule has 4 aromatic carbocycles. The molecule has 48 heavy (non-hydrogen) atoms. The number of hydrogen-bond acceptors (Lipinski definition) is 4. The van der Waals surface area contributed by atoms with Crippen molar-refractivity contribution in [3.8, 4) is 0 Å². The van der Waals surface area contributed by atoms with Crippen LogP contribution in [0.1, 0.15) is 54.4 Å². The maximum atomic E-state index is 7.53. The van der Waals surface area contributed by atoms with Gasteiger partial charge < -0.3 is 9.16 Å². The average Bonchev–Trinajstić information content (AvgIpc) is 3.44. The fraction of sp³-hybridized carbons (Fsp3) is 0.349. The fourth-order valence-corrected chi connectivity index (χ4v) is 15.6. The minimum atomic E-state index is -2.73. The molecule has 1 aliphatic heterocycles. The second-order valence-electron chi connectivity index (χ2n) is 14.9. The van der Waals surface area contributed by atoms with Crippen molar-refractivity contribution in [2.24, 2.45) is 11.3 Å². The van der Waals surface area contributed by atoms with E-state index < -0.39 is 8.32 Å². The van der Waals surface area contributed by atoms with Crippen molar-refractivity contribution in [1.29, 1.82) is 0 Å². The lowest BCUT2D eigenvalue weighted by atomic mass is 9.75. The quantitative estimate of drug-likeness (QED) is 0.115. The first-order valence-electron chi connectivity index (χ1n) is 17.3. The molecule has 0 saturated carbocycles. The van der Waals surface area contributed by atoms with E-state index in [1.54, 1.807) is 0 Å². The van der Waals surface area contributed by atoms with Crippen molar-refractivity contribution in [2.45, 2.75) is 85.5 Å². The van der Waals surface area contributed by atoms with Crippen LogP contribution in [0, 0.1) is 11.3 Å². The summed E-state index contributed by atoms with van der Waals surface area (Å²) < 4.78 is 14.7. The van der Waals surface area contributed by atoms with Gasteiger partial charge in [0.1, 0.15) is 0 Å². The van der Waals surface area contributed by atoms with E-state index in [0.29, 0.717) is 12.5 Å². The van der Waals surface area contributed by atoms with Crippen LogP contribution < -0.4 is 10.4 Å². The van der Waals surface area contributed by atoms with E-state index >= 15 is 0 Å². The van der Waals surface area contributed by atoms with Crippen LogP contribution >= 0.6 is 23.5 Å². The zero-order chi connectivity index (χ0) is 33.8. The molecule has 2 aliphatic rings. The lowest BCUT2D eigenvalue weighted by molar-refractivity contribution is -0.0293. The van der Waals surface area contributed by atoms with Gasteiger partial charge in [-0.15, -0.1) is 23.5 Å². The second-order valence-corrected chi connectivity index (χ2v) is 22.2. The number of benzene rings is 4. The molecule has 2 unspecified atom stereocenters. The summed E-state index contributed by atoms with van der Waals surface area (Å²) in [7, 11) is -2.73. The van der Waals surface area contributed by atoms with Gasteiger partial charge in [0.2, 0.25) is 0 Å². The monoisotopic (exact) mass is 690 g/mol. The number of hydrogen-bond donors (Lipinski definition) is 0. The summed E-state index contributed by atoms with van der Waals surface area (Å²) in [5.41, 5.74) is 1.24. The van der Waals surface area contributed by atoms with E-state index in [4.69, 9.17) is 9.16 Å². The van der Waals surface area contributed by atoms with Crippen molar-refractivity contribution in [1.82, 2.24) is 0 Å². The molecule has 0 N–H and O–H groups in total. The predicted octanol–water partition coefficient (Wildman–Crippen LogP) is 10.5. The zero-order valence-corrected chi connectivity index (χ0v) is 31.9. The highest BCUT2D eigenvalue weighted by atomic mass is 32.2. The van der Waals surface area contributed by atoms with E-state index in [0.717, 1.165) is 12.8 Å². The van der Waals surface area contributed by atoms with Gasteiger partial charge in [-0.1, -0.05) is 157 Å². The molecule has 0 spiro atoms. The van der Waals surface area contributed by atoms with Gasteiger partial charge in [-0.3, -0.25) is 0 Å². The Morgan fingerprint density at radius 1 is 0.771 bits per heavy atom. The molecule has 1 heterocycles. The minimum Gasteiger partial charge on any atom is -0.405 e. The third-order valence-electron chi connectivity index (χ3n) is 9.91. The second kappa shape index (κ2) is 14.6. The first-order valence-corrected chi connectivity index (χ1v) is 20.9. The molecule has 250 valence electrons. The van der Waals surface area contributed by atoms with Gasteiger partial charge in [-0.2, -0.15) is 0 Å². The van der Waals surface area contributed by atoms with Gasteiger partial charge in [0, 0.05) is 21.6 Å². The van der Waals surface area contributed by atoms with Gasteiger partial charge in [-0.25, -0.2) is 0 Å². The topological polar surface area (TPSA) is 18.5 Å². The zero-order valence-electron chi connectivity index (χ0n) is 29.3. The first-order chi connectivity index (χ1) is 23.0. The summed E-state index contributed by atoms with van der Waals surface area (Å²) in [5, 5.41) is 2.50. The van der Waals surface area contributed by atoms with Gasteiger partial charge in [-0.05, 0) is 57.6 Å². The molecule has 0 amide bonds. The van der Waals surface area contributed by atoms with E-state index in [-0.39, 0.29) is 26.7 Å². The normalized spacial score (nSPS) is 22.5. The third-order valence-corrected chi connectivity index (χ3v) is 17.9. The SMILES string of the molecule is CC(C)C1=CCC(C)(C2O[C@H](CO[Si](c3ccccc3)(c3ccccc3)C(C)(C)C)CC2(Sc2ccccc2)Sc2ccccc2)C=C1. The largest absolute Gasteiger partial charge is 0.405 e. The highest BCUT2D eigenvalue weighted by Crippen LogP contribution is 2.60. The molecule has 0 aromatic heterocycles. The highest BCUT2D eigenvalue weighted by Gasteiger charge is 2.58. The van der Waals surface area contributed by atoms with Gasteiger partial charge in [0.25, 0.3) is 8.32 Å². The Hall–Kier alpha value is -2.80. The van der Waals surface area contributed by atoms with Crippen molar-refractivity contribution >= 4 is 42.2 Å². The maximum Gasteiger partial charge on any atom is 0.261 e. The van der Waals surface area contributed by atoms with Crippen molar-refractivity contribution in [2.75, 3.05) is 6.61 Å². The Balaban J connectivity index is 1.42. The van der Waals surface area contributed by atoms with E-state index in [1.807, 2.05) is 23.5 Å². The summed E-state index contributed by atoms with van der Waals surface area (Å²) in [6.45, 7) is 14.6. The van der Waals surface area contributed by atoms with Crippen LogP contribution in [0.15, 0.2) is 155 Å². The minimum absolute atomic E-state index is 0.0469. The molecule has 1 saturated heterocycles. The van der Waals surface area contributed by atoms with E-state index in [1.165, 1.54) is 25.7 Å². The van der Waals surface area contributed by atoms with Crippen LogP contribution in [0.5, 0.6) is 0 Å². The van der Waals surface area contributed by atoms with Crippen LogP contribution in [-0.2, 0) is 9.16 Å².